The van der Waals surface area contributed by atoms with Crippen molar-refractivity contribution < 1.29 is 0 Å². The molecule has 1 aliphatic carbocycles. The molecule has 0 bridgehead atoms. The minimum atomic E-state index is 0.707. The zero-order chi connectivity index (χ0) is 8.77. The van der Waals surface area contributed by atoms with Crippen molar-refractivity contribution in [3.8, 4) is 0 Å². The molecule has 70 valence electrons. The Morgan fingerprint density at radius 1 is 1.33 bits per heavy atom. The summed E-state index contributed by atoms with van der Waals surface area (Å²) >= 11 is 0. The van der Waals surface area contributed by atoms with Gasteiger partial charge in [0.2, 0.25) is 0 Å². The first-order valence-electron chi connectivity index (χ1n) is 5.33. The predicted octanol–water partition coefficient (Wildman–Crippen LogP) is 2.52. The molecule has 0 aromatic carbocycles. The fourth-order valence-corrected chi connectivity index (χ4v) is 2.47. The minimum absolute atomic E-state index is 0.707. The van der Waals surface area contributed by atoms with Crippen LogP contribution in [0.25, 0.3) is 0 Å². The second-order valence-corrected chi connectivity index (χ2v) is 5.43. The third kappa shape index (κ3) is 1.66. The monoisotopic (exact) mass is 167 g/mol. The summed E-state index contributed by atoms with van der Waals surface area (Å²) in [4.78, 5) is 2.69. The Labute approximate surface area is 76.1 Å². The van der Waals surface area contributed by atoms with E-state index in [1.165, 1.54) is 32.4 Å². The van der Waals surface area contributed by atoms with Gasteiger partial charge in [-0.1, -0.05) is 13.8 Å². The van der Waals surface area contributed by atoms with Crippen molar-refractivity contribution in [3.63, 3.8) is 0 Å². The van der Waals surface area contributed by atoms with E-state index in [9.17, 15) is 0 Å². The Morgan fingerprint density at radius 3 is 2.42 bits per heavy atom. The van der Waals surface area contributed by atoms with Gasteiger partial charge in [-0.25, -0.2) is 0 Å². The Morgan fingerprint density at radius 2 is 2.00 bits per heavy atom. The maximum absolute atomic E-state index is 2.69. The zero-order valence-corrected chi connectivity index (χ0v) is 8.64. The molecule has 1 heteroatoms. The fourth-order valence-electron chi connectivity index (χ4n) is 2.47. The van der Waals surface area contributed by atoms with E-state index in [2.05, 4.69) is 25.7 Å². The van der Waals surface area contributed by atoms with Crippen LogP contribution in [0.3, 0.4) is 0 Å². The Kier molecular flexibility index (Phi) is 1.95. The Bertz CT molecular complexity index is 172. The number of hydrogen-bond acceptors (Lipinski definition) is 1. The fraction of sp³-hybridized carbons (Fsp3) is 1.00. The highest BCUT2D eigenvalue weighted by molar-refractivity contribution is 4.94. The normalized spacial score (nSPS) is 40.2. The average Bonchev–Trinajstić information content (AvgIpc) is 2.58. The van der Waals surface area contributed by atoms with Gasteiger partial charge in [-0.3, -0.25) is 4.90 Å². The summed E-state index contributed by atoms with van der Waals surface area (Å²) in [5, 5.41) is 0. The minimum Gasteiger partial charge on any atom is -0.300 e. The lowest BCUT2D eigenvalue weighted by molar-refractivity contribution is 0.219. The predicted molar refractivity (Wildman–Crippen MR) is 52.2 cm³/mol. The molecule has 1 nitrogen and oxygen atoms in total. The molecule has 1 heterocycles. The summed E-state index contributed by atoms with van der Waals surface area (Å²) in [7, 11) is 0. The summed E-state index contributed by atoms with van der Waals surface area (Å²) in [6, 6.07) is 0.845. The molecular weight excluding hydrogens is 146 g/mol. The van der Waals surface area contributed by atoms with Crippen LogP contribution in [0, 0.1) is 11.3 Å². The zero-order valence-electron chi connectivity index (χ0n) is 8.64. The largest absolute Gasteiger partial charge is 0.300 e. The van der Waals surface area contributed by atoms with E-state index in [0.29, 0.717) is 5.41 Å². The van der Waals surface area contributed by atoms with E-state index < -0.39 is 0 Å². The van der Waals surface area contributed by atoms with Crippen molar-refractivity contribution >= 4 is 0 Å². The Hall–Kier alpha value is -0.0400. The van der Waals surface area contributed by atoms with E-state index >= 15 is 0 Å². The number of likely N-dealkylation sites (tertiary alicyclic amines) is 1. The molecule has 0 N–H and O–H groups in total. The molecule has 2 aliphatic rings. The molecule has 0 aromatic rings. The summed E-state index contributed by atoms with van der Waals surface area (Å²) in [5.41, 5.74) is 0.707. The van der Waals surface area contributed by atoms with E-state index in [1.807, 2.05) is 0 Å². The van der Waals surface area contributed by atoms with Crippen LogP contribution < -0.4 is 0 Å². The first kappa shape index (κ1) is 8.55. The summed E-state index contributed by atoms with van der Waals surface area (Å²) in [6.45, 7) is 9.90. The maximum atomic E-state index is 2.69. The Balaban J connectivity index is 1.87. The van der Waals surface area contributed by atoms with Gasteiger partial charge in [-0.15, -0.1) is 0 Å². The van der Waals surface area contributed by atoms with Crippen LogP contribution in [-0.4, -0.2) is 24.0 Å². The highest BCUT2D eigenvalue weighted by Gasteiger charge is 2.41. The topological polar surface area (TPSA) is 3.24 Å². The van der Waals surface area contributed by atoms with Crippen molar-refractivity contribution in [1.82, 2.24) is 4.90 Å². The van der Waals surface area contributed by atoms with Gasteiger partial charge >= 0.3 is 0 Å². The van der Waals surface area contributed by atoms with Crippen molar-refractivity contribution in [2.45, 2.75) is 46.1 Å². The van der Waals surface area contributed by atoms with E-state index in [-0.39, 0.29) is 0 Å². The van der Waals surface area contributed by atoms with Gasteiger partial charge in [-0.2, -0.15) is 0 Å². The molecule has 0 radical (unpaired) electrons. The van der Waals surface area contributed by atoms with Gasteiger partial charge in [0.25, 0.3) is 0 Å². The van der Waals surface area contributed by atoms with Gasteiger partial charge in [-0.05, 0) is 37.5 Å². The lowest BCUT2D eigenvalue weighted by atomic mass is 10.1. The molecule has 1 saturated heterocycles. The number of hydrogen-bond donors (Lipinski definition) is 0. The first-order valence-corrected chi connectivity index (χ1v) is 5.33. The smallest absolute Gasteiger partial charge is 0.00702 e. The lowest BCUT2D eigenvalue weighted by Crippen LogP contribution is -2.32. The van der Waals surface area contributed by atoms with Crippen molar-refractivity contribution in [1.29, 1.82) is 0 Å². The molecule has 1 saturated carbocycles. The number of rotatable bonds is 2. The molecule has 0 aromatic heterocycles. The van der Waals surface area contributed by atoms with Crippen molar-refractivity contribution in [2.75, 3.05) is 13.1 Å². The van der Waals surface area contributed by atoms with Gasteiger partial charge in [0.05, 0.1) is 0 Å². The molecule has 2 atom stereocenters. The first-order chi connectivity index (χ1) is 5.59. The van der Waals surface area contributed by atoms with Crippen LogP contribution in [0.1, 0.15) is 40.0 Å². The van der Waals surface area contributed by atoms with Crippen molar-refractivity contribution in [2.24, 2.45) is 11.3 Å². The van der Waals surface area contributed by atoms with Gasteiger partial charge in [0, 0.05) is 19.1 Å². The van der Waals surface area contributed by atoms with E-state index in [0.717, 1.165) is 12.0 Å². The number of nitrogens with zero attached hydrogens (tertiary/aromatic N) is 1. The third-order valence-corrected chi connectivity index (χ3v) is 3.60. The highest BCUT2D eigenvalue weighted by Crippen LogP contribution is 2.46. The quantitative estimate of drug-likeness (QED) is 0.611. The molecule has 0 amide bonds. The van der Waals surface area contributed by atoms with E-state index in [1.54, 1.807) is 0 Å². The standard InChI is InChI=1S/C11H21N/c1-9-6-10(2)12(7-9)8-11(3)4-5-11/h9-10H,4-8H2,1-3H3. The molecule has 2 rings (SSSR count). The van der Waals surface area contributed by atoms with Crippen LogP contribution in [0.5, 0.6) is 0 Å². The second-order valence-electron chi connectivity index (χ2n) is 5.43. The molecule has 0 spiro atoms. The molecule has 12 heavy (non-hydrogen) atoms. The van der Waals surface area contributed by atoms with Crippen LogP contribution >= 0.6 is 0 Å². The maximum Gasteiger partial charge on any atom is 0.00702 e. The average molecular weight is 167 g/mol. The lowest BCUT2D eigenvalue weighted by Gasteiger charge is -2.24. The highest BCUT2D eigenvalue weighted by atomic mass is 15.2. The third-order valence-electron chi connectivity index (χ3n) is 3.60. The van der Waals surface area contributed by atoms with Crippen LogP contribution in [-0.2, 0) is 0 Å². The van der Waals surface area contributed by atoms with Crippen LogP contribution in [0.15, 0.2) is 0 Å². The SMILES string of the molecule is CC1CC(C)N(CC2(C)CC2)C1. The van der Waals surface area contributed by atoms with Gasteiger partial charge in [0.1, 0.15) is 0 Å². The van der Waals surface area contributed by atoms with Gasteiger partial charge < -0.3 is 0 Å². The van der Waals surface area contributed by atoms with E-state index in [4.69, 9.17) is 0 Å². The van der Waals surface area contributed by atoms with Crippen molar-refractivity contribution in [3.05, 3.63) is 0 Å². The summed E-state index contributed by atoms with van der Waals surface area (Å²) < 4.78 is 0. The van der Waals surface area contributed by atoms with Gasteiger partial charge in [0.15, 0.2) is 0 Å². The second kappa shape index (κ2) is 2.73. The van der Waals surface area contributed by atoms with Crippen LogP contribution in [0.4, 0.5) is 0 Å². The molecular formula is C11H21N. The molecule has 2 fully saturated rings. The summed E-state index contributed by atoms with van der Waals surface area (Å²) in [6.07, 6.45) is 4.34. The summed E-state index contributed by atoms with van der Waals surface area (Å²) in [5.74, 6) is 0.933. The molecule has 1 aliphatic heterocycles. The van der Waals surface area contributed by atoms with Crippen LogP contribution in [0.2, 0.25) is 0 Å². The molecule has 2 unspecified atom stereocenters.